The van der Waals surface area contributed by atoms with Gasteiger partial charge in [-0.25, -0.2) is 4.98 Å². The molecule has 3 N–H and O–H groups in total. The molecule has 94 valence electrons. The van der Waals surface area contributed by atoms with Gasteiger partial charge < -0.3 is 11.1 Å². The van der Waals surface area contributed by atoms with E-state index in [2.05, 4.69) is 29.1 Å². The minimum Gasteiger partial charge on any atom is -0.396 e. The van der Waals surface area contributed by atoms with Gasteiger partial charge in [-0.1, -0.05) is 6.07 Å². The fraction of sp³-hybridized carbons (Fsp3) is 0.286. The van der Waals surface area contributed by atoms with Gasteiger partial charge in [-0.2, -0.15) is 0 Å². The van der Waals surface area contributed by atoms with Crippen molar-refractivity contribution in [3.63, 3.8) is 0 Å². The first-order valence-corrected chi connectivity index (χ1v) is 6.01. The van der Waals surface area contributed by atoms with Gasteiger partial charge in [-0.05, 0) is 32.9 Å². The van der Waals surface area contributed by atoms with Crippen molar-refractivity contribution < 1.29 is 0 Å². The fourth-order valence-electron chi connectivity index (χ4n) is 1.67. The number of rotatable bonds is 3. The minimum absolute atomic E-state index is 0.312. The van der Waals surface area contributed by atoms with Crippen LogP contribution in [0.25, 0.3) is 11.1 Å². The van der Waals surface area contributed by atoms with Crippen LogP contribution in [0.4, 0.5) is 11.5 Å². The number of hydrogen-bond donors (Lipinski definition) is 2. The quantitative estimate of drug-likeness (QED) is 0.868. The van der Waals surface area contributed by atoms with Crippen LogP contribution in [-0.4, -0.2) is 16.0 Å². The average molecular weight is 242 g/mol. The predicted octanol–water partition coefficient (Wildman–Crippen LogP) is 2.85. The van der Waals surface area contributed by atoms with Crippen LogP contribution in [0.3, 0.4) is 0 Å². The number of nitrogens with two attached hydrogens (primary N) is 1. The second-order valence-electron chi connectivity index (χ2n) is 4.65. The Labute approximate surface area is 107 Å². The Kier molecular flexibility index (Phi) is 3.46. The van der Waals surface area contributed by atoms with Crippen molar-refractivity contribution in [1.82, 2.24) is 9.97 Å². The molecule has 2 aromatic heterocycles. The molecule has 0 fully saturated rings. The van der Waals surface area contributed by atoms with E-state index in [1.807, 2.05) is 37.5 Å². The number of nitrogens with one attached hydrogen (secondary N) is 1. The lowest BCUT2D eigenvalue weighted by Gasteiger charge is -2.12. The number of aryl methyl sites for hydroxylation is 1. The van der Waals surface area contributed by atoms with Gasteiger partial charge in [0.25, 0.3) is 0 Å². The van der Waals surface area contributed by atoms with E-state index < -0.39 is 0 Å². The third kappa shape index (κ3) is 2.77. The molecular weight excluding hydrogens is 224 g/mol. The Morgan fingerprint density at radius 3 is 2.39 bits per heavy atom. The van der Waals surface area contributed by atoms with Crippen LogP contribution >= 0.6 is 0 Å². The van der Waals surface area contributed by atoms with Crippen LogP contribution in [0.5, 0.6) is 0 Å². The Morgan fingerprint density at radius 1 is 1.11 bits per heavy atom. The zero-order valence-electron chi connectivity index (χ0n) is 10.9. The smallest absolute Gasteiger partial charge is 0.149 e. The highest BCUT2D eigenvalue weighted by molar-refractivity contribution is 5.72. The molecule has 2 heterocycles. The molecule has 4 heteroatoms. The van der Waals surface area contributed by atoms with Crippen molar-refractivity contribution in [2.24, 2.45) is 0 Å². The summed E-state index contributed by atoms with van der Waals surface area (Å²) in [6.45, 7) is 6.07. The monoisotopic (exact) mass is 242 g/mol. The highest BCUT2D eigenvalue weighted by Gasteiger charge is 2.05. The van der Waals surface area contributed by atoms with Crippen molar-refractivity contribution in [1.29, 1.82) is 0 Å². The number of pyridine rings is 2. The second kappa shape index (κ2) is 5.04. The molecule has 0 spiro atoms. The molecule has 0 saturated heterocycles. The van der Waals surface area contributed by atoms with E-state index in [9.17, 15) is 0 Å². The normalized spacial score (nSPS) is 10.7. The van der Waals surface area contributed by atoms with Crippen molar-refractivity contribution in [2.45, 2.75) is 26.8 Å². The average Bonchev–Trinajstić information content (AvgIpc) is 2.32. The number of nitrogen functional groups attached to an aromatic ring is 1. The summed E-state index contributed by atoms with van der Waals surface area (Å²) in [5.74, 6) is 0.730. The molecule has 18 heavy (non-hydrogen) atoms. The van der Waals surface area contributed by atoms with Crippen LogP contribution in [0, 0.1) is 6.92 Å². The van der Waals surface area contributed by atoms with E-state index in [1.54, 1.807) is 0 Å². The van der Waals surface area contributed by atoms with Gasteiger partial charge in [-0.3, -0.25) is 4.98 Å². The maximum atomic E-state index is 5.99. The van der Waals surface area contributed by atoms with E-state index >= 15 is 0 Å². The molecule has 0 aliphatic rings. The predicted molar refractivity (Wildman–Crippen MR) is 75.4 cm³/mol. The van der Waals surface area contributed by atoms with Gasteiger partial charge in [0.05, 0.1) is 5.69 Å². The van der Waals surface area contributed by atoms with Crippen LogP contribution in [-0.2, 0) is 0 Å². The molecule has 0 saturated carbocycles. The topological polar surface area (TPSA) is 63.8 Å². The lowest BCUT2D eigenvalue weighted by atomic mass is 10.1. The molecule has 0 unspecified atom stereocenters. The van der Waals surface area contributed by atoms with Crippen molar-refractivity contribution >= 4 is 11.5 Å². The van der Waals surface area contributed by atoms with E-state index in [0.29, 0.717) is 11.7 Å². The van der Waals surface area contributed by atoms with Crippen LogP contribution in [0.15, 0.2) is 30.6 Å². The summed E-state index contributed by atoms with van der Waals surface area (Å²) in [6, 6.07) is 6.23. The number of anilines is 2. The number of aromatic nitrogens is 2. The first-order valence-electron chi connectivity index (χ1n) is 6.01. The minimum atomic E-state index is 0.312. The van der Waals surface area contributed by atoms with E-state index in [-0.39, 0.29) is 0 Å². The van der Waals surface area contributed by atoms with Crippen LogP contribution in [0.2, 0.25) is 0 Å². The SMILES string of the molecule is Cc1ccc(-c2cnc(NC(C)C)c(N)c2)cn1. The van der Waals surface area contributed by atoms with Crippen LogP contribution in [0.1, 0.15) is 19.5 Å². The largest absolute Gasteiger partial charge is 0.396 e. The molecule has 0 aliphatic carbocycles. The van der Waals surface area contributed by atoms with Gasteiger partial charge in [0, 0.05) is 35.3 Å². The third-order valence-corrected chi connectivity index (χ3v) is 2.59. The summed E-state index contributed by atoms with van der Waals surface area (Å²) in [5.41, 5.74) is 9.65. The van der Waals surface area contributed by atoms with Gasteiger partial charge in [-0.15, -0.1) is 0 Å². The highest BCUT2D eigenvalue weighted by atomic mass is 15.0. The summed E-state index contributed by atoms with van der Waals surface area (Å²) < 4.78 is 0. The Balaban J connectivity index is 2.31. The number of hydrogen-bond acceptors (Lipinski definition) is 4. The van der Waals surface area contributed by atoms with Gasteiger partial charge in [0.1, 0.15) is 5.82 Å². The van der Waals surface area contributed by atoms with Crippen molar-refractivity contribution in [3.8, 4) is 11.1 Å². The molecule has 0 radical (unpaired) electrons. The van der Waals surface area contributed by atoms with Gasteiger partial charge in [0.15, 0.2) is 0 Å². The number of nitrogens with zero attached hydrogens (tertiary/aromatic N) is 2. The highest BCUT2D eigenvalue weighted by Crippen LogP contribution is 2.24. The lowest BCUT2D eigenvalue weighted by molar-refractivity contribution is 0.890. The Hall–Kier alpha value is -2.10. The molecule has 0 aliphatic heterocycles. The summed E-state index contributed by atoms with van der Waals surface area (Å²) in [6.07, 6.45) is 3.65. The van der Waals surface area contributed by atoms with Crippen molar-refractivity contribution in [2.75, 3.05) is 11.1 Å². The van der Waals surface area contributed by atoms with Gasteiger partial charge in [0.2, 0.25) is 0 Å². The Bertz CT molecular complexity index is 532. The zero-order valence-corrected chi connectivity index (χ0v) is 10.9. The first-order chi connectivity index (χ1) is 8.56. The lowest BCUT2D eigenvalue weighted by Crippen LogP contribution is -2.12. The van der Waals surface area contributed by atoms with E-state index in [4.69, 9.17) is 5.73 Å². The molecule has 0 aromatic carbocycles. The summed E-state index contributed by atoms with van der Waals surface area (Å²) in [7, 11) is 0. The third-order valence-electron chi connectivity index (χ3n) is 2.59. The molecule has 0 atom stereocenters. The second-order valence-corrected chi connectivity index (χ2v) is 4.65. The summed E-state index contributed by atoms with van der Waals surface area (Å²) in [5, 5.41) is 3.21. The summed E-state index contributed by atoms with van der Waals surface area (Å²) >= 11 is 0. The maximum Gasteiger partial charge on any atom is 0.149 e. The van der Waals surface area contributed by atoms with Crippen molar-refractivity contribution in [3.05, 3.63) is 36.3 Å². The van der Waals surface area contributed by atoms with Crippen LogP contribution < -0.4 is 11.1 Å². The fourth-order valence-corrected chi connectivity index (χ4v) is 1.67. The Morgan fingerprint density at radius 2 is 1.83 bits per heavy atom. The zero-order chi connectivity index (χ0) is 13.1. The summed E-state index contributed by atoms with van der Waals surface area (Å²) in [4.78, 5) is 8.63. The van der Waals surface area contributed by atoms with E-state index in [1.165, 1.54) is 0 Å². The maximum absolute atomic E-state index is 5.99. The van der Waals surface area contributed by atoms with Gasteiger partial charge >= 0.3 is 0 Å². The molecule has 2 rings (SSSR count). The standard InChI is InChI=1S/C14H18N4/c1-9(2)18-14-13(15)6-12(8-17-14)11-5-4-10(3)16-7-11/h4-9H,15H2,1-3H3,(H,17,18). The van der Waals surface area contributed by atoms with E-state index in [0.717, 1.165) is 22.6 Å². The molecule has 4 nitrogen and oxygen atoms in total. The molecule has 0 amide bonds. The molecular formula is C14H18N4. The first kappa shape index (κ1) is 12.4. The molecule has 2 aromatic rings. The molecule has 0 bridgehead atoms.